The van der Waals surface area contributed by atoms with Crippen LogP contribution >= 0.6 is 0 Å². The number of hydrogen-bond donors (Lipinski definition) is 2. The topological polar surface area (TPSA) is 76.7 Å². The van der Waals surface area contributed by atoms with Gasteiger partial charge in [0, 0.05) is 24.8 Å². The molecule has 0 aliphatic rings. The first-order valence-electron chi connectivity index (χ1n) is 10.2. The van der Waals surface area contributed by atoms with E-state index in [1.54, 1.807) is 18.2 Å². The predicted molar refractivity (Wildman–Crippen MR) is 119 cm³/mol. The standard InChI is InChI=1S/C22H31FN2O4S/c1-4-6-14-28-22-15-17(5-2)8-10-21(22)29-20-11-9-18(16-19(20)23)24-12-7-13-25-30(3,26)27/h8-11,15-16,24-25H,4-7,12-14H2,1-3H3. The molecule has 0 saturated heterocycles. The number of halogens is 1. The van der Waals surface area contributed by atoms with Gasteiger partial charge in [0.2, 0.25) is 10.0 Å². The van der Waals surface area contributed by atoms with Crippen LogP contribution in [0.25, 0.3) is 0 Å². The third kappa shape index (κ3) is 8.20. The first-order chi connectivity index (χ1) is 14.3. The van der Waals surface area contributed by atoms with Gasteiger partial charge in [0.1, 0.15) is 0 Å². The SMILES string of the molecule is CCCCOc1cc(CC)ccc1Oc1ccc(NCCCNS(C)(=O)=O)cc1F. The summed E-state index contributed by atoms with van der Waals surface area (Å²) in [5, 5.41) is 3.07. The highest BCUT2D eigenvalue weighted by atomic mass is 32.2. The van der Waals surface area contributed by atoms with Crippen molar-refractivity contribution in [1.29, 1.82) is 0 Å². The van der Waals surface area contributed by atoms with Crippen LogP contribution in [0.15, 0.2) is 36.4 Å². The monoisotopic (exact) mass is 438 g/mol. The highest BCUT2D eigenvalue weighted by Gasteiger charge is 2.11. The van der Waals surface area contributed by atoms with E-state index >= 15 is 0 Å². The molecule has 0 fully saturated rings. The van der Waals surface area contributed by atoms with Gasteiger partial charge in [0.05, 0.1) is 12.9 Å². The van der Waals surface area contributed by atoms with Crippen LogP contribution in [0.3, 0.4) is 0 Å². The van der Waals surface area contributed by atoms with Crippen molar-refractivity contribution in [2.45, 2.75) is 39.5 Å². The minimum Gasteiger partial charge on any atom is -0.490 e. The number of nitrogens with one attached hydrogen (secondary N) is 2. The van der Waals surface area contributed by atoms with E-state index in [9.17, 15) is 12.8 Å². The Morgan fingerprint density at radius 3 is 2.40 bits per heavy atom. The Labute approximate surface area is 178 Å². The van der Waals surface area contributed by atoms with E-state index in [2.05, 4.69) is 23.9 Å². The van der Waals surface area contributed by atoms with Crippen LogP contribution in [-0.4, -0.2) is 34.4 Å². The molecule has 6 nitrogen and oxygen atoms in total. The van der Waals surface area contributed by atoms with E-state index < -0.39 is 15.8 Å². The number of unbranched alkanes of at least 4 members (excludes halogenated alkanes) is 1. The maximum Gasteiger partial charge on any atom is 0.208 e. The molecule has 0 bridgehead atoms. The number of anilines is 1. The molecule has 0 saturated carbocycles. The molecule has 8 heteroatoms. The Bertz CT molecular complexity index is 919. The fourth-order valence-corrected chi connectivity index (χ4v) is 3.20. The van der Waals surface area contributed by atoms with E-state index in [1.807, 2.05) is 12.1 Å². The van der Waals surface area contributed by atoms with Gasteiger partial charge in [-0.1, -0.05) is 26.3 Å². The molecule has 0 radical (unpaired) electrons. The molecule has 0 amide bonds. The zero-order valence-electron chi connectivity index (χ0n) is 17.8. The molecule has 0 heterocycles. The second kappa shape index (κ2) is 11.8. The number of hydrogen-bond acceptors (Lipinski definition) is 5. The minimum absolute atomic E-state index is 0.115. The highest BCUT2D eigenvalue weighted by Crippen LogP contribution is 2.34. The van der Waals surface area contributed by atoms with Crippen LogP contribution in [0, 0.1) is 5.82 Å². The number of ether oxygens (including phenoxy) is 2. The Morgan fingerprint density at radius 1 is 0.967 bits per heavy atom. The molecule has 30 heavy (non-hydrogen) atoms. The number of sulfonamides is 1. The van der Waals surface area contributed by atoms with Gasteiger partial charge in [0.25, 0.3) is 0 Å². The summed E-state index contributed by atoms with van der Waals surface area (Å²) in [5.41, 5.74) is 1.72. The van der Waals surface area contributed by atoms with Crippen LogP contribution in [0.1, 0.15) is 38.7 Å². The average Bonchev–Trinajstić information content (AvgIpc) is 2.70. The molecule has 2 rings (SSSR count). The Morgan fingerprint density at radius 2 is 1.73 bits per heavy atom. The summed E-state index contributed by atoms with van der Waals surface area (Å²) in [4.78, 5) is 0. The summed E-state index contributed by atoms with van der Waals surface area (Å²) < 4.78 is 50.7. The van der Waals surface area contributed by atoms with Crippen LogP contribution < -0.4 is 19.5 Å². The van der Waals surface area contributed by atoms with Crippen molar-refractivity contribution in [1.82, 2.24) is 4.72 Å². The lowest BCUT2D eigenvalue weighted by Gasteiger charge is -2.15. The Balaban J connectivity index is 2.00. The summed E-state index contributed by atoms with van der Waals surface area (Å²) in [7, 11) is -3.19. The second-order valence-electron chi connectivity index (χ2n) is 7.03. The molecule has 166 valence electrons. The van der Waals surface area contributed by atoms with E-state index in [-0.39, 0.29) is 5.75 Å². The lowest BCUT2D eigenvalue weighted by Crippen LogP contribution is -2.24. The molecule has 0 aliphatic heterocycles. The van der Waals surface area contributed by atoms with Crippen molar-refractivity contribution in [2.75, 3.05) is 31.3 Å². The lowest BCUT2D eigenvalue weighted by atomic mass is 10.1. The summed E-state index contributed by atoms with van der Waals surface area (Å²) in [6.45, 7) is 5.57. The quantitative estimate of drug-likeness (QED) is 0.443. The summed E-state index contributed by atoms with van der Waals surface area (Å²) in [6, 6.07) is 10.3. The van der Waals surface area contributed by atoms with Crippen molar-refractivity contribution in [3.63, 3.8) is 0 Å². The maximum absolute atomic E-state index is 14.6. The van der Waals surface area contributed by atoms with Crippen LogP contribution in [0.4, 0.5) is 10.1 Å². The van der Waals surface area contributed by atoms with Gasteiger partial charge in [0.15, 0.2) is 23.1 Å². The average molecular weight is 439 g/mol. The van der Waals surface area contributed by atoms with Gasteiger partial charge < -0.3 is 14.8 Å². The van der Waals surface area contributed by atoms with Crippen LogP contribution in [-0.2, 0) is 16.4 Å². The first-order valence-corrected chi connectivity index (χ1v) is 12.1. The van der Waals surface area contributed by atoms with Crippen molar-refractivity contribution in [2.24, 2.45) is 0 Å². The van der Waals surface area contributed by atoms with E-state index in [1.165, 1.54) is 6.07 Å². The third-order valence-electron chi connectivity index (χ3n) is 4.37. The van der Waals surface area contributed by atoms with Gasteiger partial charge in [-0.2, -0.15) is 0 Å². The van der Waals surface area contributed by atoms with E-state index in [4.69, 9.17) is 9.47 Å². The lowest BCUT2D eigenvalue weighted by molar-refractivity contribution is 0.293. The smallest absolute Gasteiger partial charge is 0.208 e. The normalized spacial score (nSPS) is 11.3. The molecule has 2 N–H and O–H groups in total. The molecule has 0 aliphatic carbocycles. The fraction of sp³-hybridized carbons (Fsp3) is 0.455. The zero-order valence-corrected chi connectivity index (χ0v) is 18.6. The molecule has 0 spiro atoms. The summed E-state index contributed by atoms with van der Waals surface area (Å²) in [6.07, 6.45) is 4.53. The van der Waals surface area contributed by atoms with Crippen molar-refractivity contribution >= 4 is 15.7 Å². The van der Waals surface area contributed by atoms with Crippen molar-refractivity contribution < 1.29 is 22.3 Å². The molecular formula is C22H31FN2O4S. The van der Waals surface area contributed by atoms with Gasteiger partial charge in [-0.15, -0.1) is 0 Å². The number of benzene rings is 2. The Kier molecular flexibility index (Phi) is 9.39. The summed E-state index contributed by atoms with van der Waals surface area (Å²) in [5.74, 6) is 0.717. The van der Waals surface area contributed by atoms with Crippen molar-refractivity contribution in [3.8, 4) is 17.2 Å². The van der Waals surface area contributed by atoms with Crippen molar-refractivity contribution in [3.05, 3.63) is 47.8 Å². The first kappa shape index (κ1) is 24.0. The van der Waals surface area contributed by atoms with E-state index in [0.29, 0.717) is 43.3 Å². The predicted octanol–water partition coefficient (Wildman–Crippen LogP) is 4.71. The largest absolute Gasteiger partial charge is 0.490 e. The molecule has 2 aromatic carbocycles. The minimum atomic E-state index is -3.19. The second-order valence-corrected chi connectivity index (χ2v) is 8.86. The molecule has 0 atom stereocenters. The van der Waals surface area contributed by atoms with Gasteiger partial charge in [-0.3, -0.25) is 0 Å². The molecule has 0 unspecified atom stereocenters. The van der Waals surface area contributed by atoms with E-state index in [0.717, 1.165) is 31.1 Å². The van der Waals surface area contributed by atoms with Crippen LogP contribution in [0.5, 0.6) is 17.2 Å². The maximum atomic E-state index is 14.6. The molecule has 0 aromatic heterocycles. The molecular weight excluding hydrogens is 407 g/mol. The number of rotatable bonds is 13. The third-order valence-corrected chi connectivity index (χ3v) is 5.10. The van der Waals surface area contributed by atoms with Gasteiger partial charge in [-0.05, 0) is 49.1 Å². The Hall–Kier alpha value is -2.32. The van der Waals surface area contributed by atoms with Crippen LogP contribution in [0.2, 0.25) is 0 Å². The molecule has 2 aromatic rings. The summed E-state index contributed by atoms with van der Waals surface area (Å²) >= 11 is 0. The van der Waals surface area contributed by atoms with Gasteiger partial charge >= 0.3 is 0 Å². The van der Waals surface area contributed by atoms with Gasteiger partial charge in [-0.25, -0.2) is 17.5 Å². The zero-order chi connectivity index (χ0) is 22.0. The fourth-order valence-electron chi connectivity index (χ4n) is 2.69. The number of aryl methyl sites for hydroxylation is 1. The highest BCUT2D eigenvalue weighted by molar-refractivity contribution is 7.88.